The summed E-state index contributed by atoms with van der Waals surface area (Å²) < 4.78 is 42.9. The molecule has 0 saturated heterocycles. The molecule has 3 aromatic heterocycles. The van der Waals surface area contributed by atoms with E-state index in [0.29, 0.717) is 46.1 Å². The molecule has 6 aromatic carbocycles. The van der Waals surface area contributed by atoms with Crippen LogP contribution in [-0.4, -0.2) is 34.5 Å². The second kappa shape index (κ2) is 13.4. The topological polar surface area (TPSA) is 82.3 Å². The van der Waals surface area contributed by atoms with Crippen molar-refractivity contribution in [2.24, 2.45) is 0 Å². The molecule has 0 saturated carbocycles. The van der Waals surface area contributed by atoms with Gasteiger partial charge in [-0.2, -0.15) is 13.2 Å². The van der Waals surface area contributed by atoms with Crippen molar-refractivity contribution in [3.8, 4) is 62.4 Å². The van der Waals surface area contributed by atoms with Gasteiger partial charge in [0.1, 0.15) is 11.6 Å². The highest BCUT2D eigenvalue weighted by atomic mass is 19.4. The van der Waals surface area contributed by atoms with Gasteiger partial charge < -0.3 is 4.57 Å². The van der Waals surface area contributed by atoms with Gasteiger partial charge in [0, 0.05) is 33.0 Å². The Kier molecular flexibility index (Phi) is 8.23. The highest BCUT2D eigenvalue weighted by Gasteiger charge is 2.30. The number of nitrogens with zero attached hydrogens (tertiary/aromatic N) is 7. The minimum Gasteiger partial charge on any atom is -0.308 e. The molecule has 9 rings (SSSR count). The van der Waals surface area contributed by atoms with Crippen LogP contribution >= 0.6 is 0 Å². The van der Waals surface area contributed by atoms with Crippen molar-refractivity contribution in [1.82, 2.24) is 34.5 Å². The van der Waals surface area contributed by atoms with Crippen molar-refractivity contribution in [2.45, 2.75) is 20.0 Å². The fourth-order valence-electron chi connectivity index (χ4n) is 6.98. The predicted octanol–water partition coefficient (Wildman–Crippen LogP) is 11.1. The van der Waals surface area contributed by atoms with Crippen LogP contribution in [0.1, 0.15) is 17.2 Å². The van der Waals surface area contributed by atoms with Gasteiger partial charge in [-0.15, -0.1) is 0 Å². The number of hydrogen-bond acceptors (Lipinski definition) is 6. The quantitative estimate of drug-likeness (QED) is 0.170. The molecule has 0 bridgehead atoms. The van der Waals surface area contributed by atoms with Gasteiger partial charge in [0.05, 0.1) is 22.3 Å². The molecule has 0 amide bonds. The Bertz CT molecular complexity index is 2790. The van der Waals surface area contributed by atoms with Gasteiger partial charge in [-0.25, -0.2) is 29.9 Å². The number of aromatic nitrogens is 7. The number of benzene rings is 6. The lowest BCUT2D eigenvalue weighted by Gasteiger charge is -2.17. The van der Waals surface area contributed by atoms with E-state index < -0.39 is 11.7 Å². The zero-order chi connectivity index (χ0) is 37.7. The highest BCUT2D eigenvalue weighted by molar-refractivity contribution is 6.10. The number of rotatable bonds is 6. The first-order valence-corrected chi connectivity index (χ1v) is 17.6. The van der Waals surface area contributed by atoms with Crippen molar-refractivity contribution in [1.29, 1.82) is 0 Å². The number of halogens is 3. The summed E-state index contributed by atoms with van der Waals surface area (Å²) in [5.41, 5.74) is 6.34. The lowest BCUT2D eigenvalue weighted by molar-refractivity contribution is -0.137. The van der Waals surface area contributed by atoms with Crippen molar-refractivity contribution >= 4 is 21.8 Å². The summed E-state index contributed by atoms with van der Waals surface area (Å²) in [6.45, 7) is 3.68. The standard InChI is InChI=1S/C45H30F3N7/c1-27-49-28(2)51-43(50-27)33-20-23-36-35-15-9-10-16-38(35)55(39(36)26-33)40-25-32(29-17-21-34(22-18-29)45(46,47)48)19-24-37(40)44-53-41(30-11-5-3-6-12-30)52-42(54-44)31-13-7-4-8-14-31/h3-26H,1-2H3. The van der Waals surface area contributed by atoms with Crippen LogP contribution < -0.4 is 0 Å². The van der Waals surface area contributed by atoms with E-state index in [1.54, 1.807) is 0 Å². The maximum absolute atomic E-state index is 13.6. The van der Waals surface area contributed by atoms with Crippen molar-refractivity contribution in [3.05, 3.63) is 163 Å². The molecule has 0 aliphatic heterocycles. The van der Waals surface area contributed by atoms with E-state index in [-0.39, 0.29) is 0 Å². The number of alkyl halides is 3. The largest absolute Gasteiger partial charge is 0.416 e. The molecular formula is C45H30F3N7. The molecule has 10 heteroatoms. The van der Waals surface area contributed by atoms with Gasteiger partial charge in [-0.1, -0.05) is 109 Å². The van der Waals surface area contributed by atoms with Crippen molar-refractivity contribution in [3.63, 3.8) is 0 Å². The molecule has 7 nitrogen and oxygen atoms in total. The highest BCUT2D eigenvalue weighted by Crippen LogP contribution is 2.40. The molecular weight excluding hydrogens is 696 g/mol. The Morgan fingerprint density at radius 1 is 0.418 bits per heavy atom. The van der Waals surface area contributed by atoms with Crippen LogP contribution in [-0.2, 0) is 6.18 Å². The van der Waals surface area contributed by atoms with Gasteiger partial charge in [0.25, 0.3) is 0 Å². The van der Waals surface area contributed by atoms with Crippen LogP contribution in [0, 0.1) is 13.8 Å². The molecule has 0 N–H and O–H groups in total. The van der Waals surface area contributed by atoms with E-state index >= 15 is 0 Å². The van der Waals surface area contributed by atoms with Crippen LogP contribution in [0.3, 0.4) is 0 Å². The van der Waals surface area contributed by atoms with Crippen LogP contribution in [0.5, 0.6) is 0 Å². The third-order valence-corrected chi connectivity index (χ3v) is 9.52. The average molecular weight is 726 g/mol. The minimum absolute atomic E-state index is 0.437. The molecule has 3 heterocycles. The van der Waals surface area contributed by atoms with E-state index in [1.807, 2.05) is 111 Å². The number of fused-ring (bicyclic) bond motifs is 3. The second-order valence-electron chi connectivity index (χ2n) is 13.2. The lowest BCUT2D eigenvalue weighted by Crippen LogP contribution is -2.05. The molecule has 55 heavy (non-hydrogen) atoms. The summed E-state index contributed by atoms with van der Waals surface area (Å²) in [5.74, 6) is 3.24. The molecule has 266 valence electrons. The Morgan fingerprint density at radius 2 is 0.945 bits per heavy atom. The predicted molar refractivity (Wildman–Crippen MR) is 209 cm³/mol. The fraction of sp³-hybridized carbons (Fsp3) is 0.0667. The maximum Gasteiger partial charge on any atom is 0.416 e. The molecule has 0 radical (unpaired) electrons. The number of hydrogen-bond donors (Lipinski definition) is 0. The normalized spacial score (nSPS) is 11.7. The number of para-hydroxylation sites is 1. The van der Waals surface area contributed by atoms with E-state index in [9.17, 15) is 13.2 Å². The third-order valence-electron chi connectivity index (χ3n) is 9.52. The van der Waals surface area contributed by atoms with Crippen LogP contribution in [0.25, 0.3) is 84.2 Å². The molecule has 0 spiro atoms. The summed E-state index contributed by atoms with van der Waals surface area (Å²) in [5, 5.41) is 2.02. The summed E-state index contributed by atoms with van der Waals surface area (Å²) in [7, 11) is 0. The first-order chi connectivity index (χ1) is 26.7. The Hall–Kier alpha value is -7.07. The molecule has 0 unspecified atom stereocenters. The first-order valence-electron chi connectivity index (χ1n) is 17.6. The Balaban J connectivity index is 1.34. The van der Waals surface area contributed by atoms with E-state index in [2.05, 4.69) is 43.8 Å². The van der Waals surface area contributed by atoms with Crippen LogP contribution in [0.4, 0.5) is 13.2 Å². The van der Waals surface area contributed by atoms with Gasteiger partial charge in [-0.3, -0.25) is 0 Å². The van der Waals surface area contributed by atoms with Crippen molar-refractivity contribution in [2.75, 3.05) is 0 Å². The molecule has 0 atom stereocenters. The van der Waals surface area contributed by atoms with E-state index in [4.69, 9.17) is 15.0 Å². The zero-order valence-corrected chi connectivity index (χ0v) is 29.6. The van der Waals surface area contributed by atoms with Gasteiger partial charge in [-0.05, 0) is 61.4 Å². The average Bonchev–Trinajstić information content (AvgIpc) is 3.54. The zero-order valence-electron chi connectivity index (χ0n) is 29.6. The van der Waals surface area contributed by atoms with Gasteiger partial charge >= 0.3 is 6.18 Å². The van der Waals surface area contributed by atoms with E-state index in [1.165, 1.54) is 12.1 Å². The molecule has 0 aliphatic carbocycles. The molecule has 0 fully saturated rings. The van der Waals surface area contributed by atoms with Crippen molar-refractivity contribution < 1.29 is 13.2 Å². The smallest absolute Gasteiger partial charge is 0.308 e. The summed E-state index contributed by atoms with van der Waals surface area (Å²) in [4.78, 5) is 28.7. The second-order valence-corrected chi connectivity index (χ2v) is 13.2. The number of aryl methyl sites for hydroxylation is 2. The molecule has 9 aromatic rings. The maximum atomic E-state index is 13.6. The fourth-order valence-corrected chi connectivity index (χ4v) is 6.98. The third kappa shape index (κ3) is 6.37. The van der Waals surface area contributed by atoms with Crippen LogP contribution in [0.2, 0.25) is 0 Å². The first kappa shape index (κ1) is 33.7. The van der Waals surface area contributed by atoms with Crippen LogP contribution in [0.15, 0.2) is 146 Å². The van der Waals surface area contributed by atoms with E-state index in [0.717, 1.165) is 61.9 Å². The molecule has 0 aliphatic rings. The Morgan fingerprint density at radius 3 is 1.58 bits per heavy atom. The minimum atomic E-state index is -4.45. The summed E-state index contributed by atoms with van der Waals surface area (Å²) >= 11 is 0. The lowest BCUT2D eigenvalue weighted by atomic mass is 10.00. The summed E-state index contributed by atoms with van der Waals surface area (Å²) in [6.07, 6.45) is -4.45. The van der Waals surface area contributed by atoms with Gasteiger partial charge in [0.15, 0.2) is 23.3 Å². The monoisotopic (exact) mass is 725 g/mol. The SMILES string of the molecule is Cc1nc(C)nc(-c2ccc3c4ccccc4n(-c4cc(-c5ccc(C(F)(F)F)cc5)ccc4-c4nc(-c5ccccc5)nc(-c5ccccc5)n4)c3c2)n1. The Labute approximate surface area is 313 Å². The van der Waals surface area contributed by atoms with Gasteiger partial charge in [0.2, 0.25) is 0 Å². The summed E-state index contributed by atoms with van der Waals surface area (Å²) in [6, 6.07) is 44.8.